The Labute approximate surface area is 232 Å². The van der Waals surface area contributed by atoms with Crippen molar-refractivity contribution in [1.29, 1.82) is 0 Å². The Morgan fingerprint density at radius 1 is 1.20 bits per heavy atom. The Balaban J connectivity index is 1.53. The van der Waals surface area contributed by atoms with Crippen LogP contribution in [0.1, 0.15) is 38.2 Å². The van der Waals surface area contributed by atoms with Crippen LogP contribution in [0, 0.1) is 24.0 Å². The Morgan fingerprint density at radius 3 is 2.73 bits per heavy atom. The third kappa shape index (κ3) is 4.72. The molecule has 2 N–H and O–H groups in total. The van der Waals surface area contributed by atoms with E-state index in [1.165, 1.54) is 6.07 Å². The van der Waals surface area contributed by atoms with E-state index >= 15 is 4.39 Å². The normalized spacial score (nSPS) is 18.8. The van der Waals surface area contributed by atoms with Crippen LogP contribution in [-0.2, 0) is 0 Å². The fraction of sp³-hybridized carbons (Fsp3) is 0.387. The van der Waals surface area contributed by atoms with Crippen LogP contribution >= 0.6 is 0 Å². The Kier molecular flexibility index (Phi) is 6.77. The number of hydrogen-bond acceptors (Lipinski definition) is 7. The summed E-state index contributed by atoms with van der Waals surface area (Å²) in [6, 6.07) is 8.56. The summed E-state index contributed by atoms with van der Waals surface area (Å²) in [4.78, 5) is 18.2. The number of aromatic nitrogens is 3. The van der Waals surface area contributed by atoms with Gasteiger partial charge in [-0.2, -0.15) is 4.98 Å². The van der Waals surface area contributed by atoms with Crippen LogP contribution in [0.4, 0.5) is 20.5 Å². The van der Waals surface area contributed by atoms with E-state index in [4.69, 9.17) is 16.4 Å². The summed E-state index contributed by atoms with van der Waals surface area (Å²) in [6.07, 6.45) is 10.6. The first-order valence-electron chi connectivity index (χ1n) is 13.7. The lowest BCUT2D eigenvalue weighted by Crippen LogP contribution is -2.43. The molecule has 4 heterocycles. The Hall–Kier alpha value is -3.87. The topological polar surface area (TPSA) is 77.4 Å². The monoisotopic (exact) mass is 542 g/mol. The molecule has 4 aromatic rings. The number of nitrogens with one attached hydrogen (secondary N) is 1. The summed E-state index contributed by atoms with van der Waals surface area (Å²) in [5.74, 6) is 2.28. The second kappa shape index (κ2) is 10.3. The molecule has 0 radical (unpaired) electrons. The zero-order valence-electron chi connectivity index (χ0n) is 22.7. The third-order valence-electron chi connectivity index (χ3n) is 8.19. The number of fused-ring (bicyclic) bond motifs is 2. The first-order valence-corrected chi connectivity index (χ1v) is 13.7. The maximum atomic E-state index is 16.5. The van der Waals surface area contributed by atoms with Crippen LogP contribution < -0.4 is 15.1 Å². The molecule has 40 heavy (non-hydrogen) atoms. The van der Waals surface area contributed by atoms with Crippen LogP contribution in [0.2, 0.25) is 0 Å². The summed E-state index contributed by atoms with van der Waals surface area (Å²) in [6.45, 7) is 4.62. The average molecular weight is 543 g/mol. The number of piperidine rings is 1. The summed E-state index contributed by atoms with van der Waals surface area (Å²) in [5.41, 5.74) is -0.0742. The highest BCUT2D eigenvalue weighted by molar-refractivity contribution is 6.02. The molecular formula is C31H32F2N6O. The lowest BCUT2D eigenvalue weighted by atomic mass is 9.94. The minimum atomic E-state index is -0.748. The van der Waals surface area contributed by atoms with Gasteiger partial charge in [-0.15, -0.1) is 6.42 Å². The van der Waals surface area contributed by atoms with Gasteiger partial charge in [-0.05, 0) is 50.6 Å². The van der Waals surface area contributed by atoms with Crippen LogP contribution in [0.15, 0.2) is 36.5 Å². The largest absolute Gasteiger partial charge is 0.390 e. The van der Waals surface area contributed by atoms with Crippen LogP contribution in [0.25, 0.3) is 32.9 Å². The van der Waals surface area contributed by atoms with Crippen molar-refractivity contribution in [2.24, 2.45) is 0 Å². The number of anilines is 2. The number of terminal acetylenes is 1. The molecule has 2 aromatic heterocycles. The van der Waals surface area contributed by atoms with Crippen molar-refractivity contribution in [3.8, 4) is 23.6 Å². The van der Waals surface area contributed by atoms with E-state index in [2.05, 4.69) is 16.2 Å². The first-order chi connectivity index (χ1) is 19.3. The second-order valence-electron chi connectivity index (χ2n) is 11.2. The van der Waals surface area contributed by atoms with Crippen LogP contribution in [0.3, 0.4) is 0 Å². The van der Waals surface area contributed by atoms with E-state index in [9.17, 15) is 9.50 Å². The molecule has 1 atom stereocenters. The standard InChI is InChI=1S/C31H32F2N6O/c1-4-21-24(32)11-10-19-7-5-9-22(25(19)21)27-26(33)28-23(17-35-27)29(38(3)18-20-8-6-14-34-20)37-30(36-28)39-15-12-31(2,40)13-16-39/h1,5,7,9-11,17,20,34,40H,6,8,12-16,18H2,2-3H3/t20-/m1/s1. The van der Waals surface area contributed by atoms with E-state index in [0.717, 1.165) is 19.4 Å². The molecule has 0 unspecified atom stereocenters. The molecule has 2 aliphatic rings. The fourth-order valence-electron chi connectivity index (χ4n) is 5.86. The highest BCUT2D eigenvalue weighted by atomic mass is 19.1. The molecular weight excluding hydrogens is 510 g/mol. The number of nitrogens with zero attached hydrogens (tertiary/aromatic N) is 5. The summed E-state index contributed by atoms with van der Waals surface area (Å²) in [5, 5.41) is 15.6. The fourth-order valence-corrected chi connectivity index (χ4v) is 5.86. The minimum absolute atomic E-state index is 0.0532. The van der Waals surface area contributed by atoms with Crippen molar-refractivity contribution < 1.29 is 13.9 Å². The van der Waals surface area contributed by atoms with E-state index in [1.54, 1.807) is 24.4 Å². The van der Waals surface area contributed by atoms with Gasteiger partial charge in [-0.25, -0.2) is 13.8 Å². The zero-order valence-corrected chi connectivity index (χ0v) is 22.7. The van der Waals surface area contributed by atoms with Gasteiger partial charge < -0.3 is 20.2 Å². The molecule has 2 fully saturated rings. The van der Waals surface area contributed by atoms with Gasteiger partial charge in [-0.3, -0.25) is 4.98 Å². The number of hydrogen-bond donors (Lipinski definition) is 2. The molecule has 9 heteroatoms. The van der Waals surface area contributed by atoms with Crippen molar-refractivity contribution in [2.75, 3.05) is 43.0 Å². The van der Waals surface area contributed by atoms with Gasteiger partial charge in [0, 0.05) is 49.9 Å². The maximum absolute atomic E-state index is 16.5. The summed E-state index contributed by atoms with van der Waals surface area (Å²) < 4.78 is 31.2. The van der Waals surface area contributed by atoms with Crippen LogP contribution in [-0.4, -0.2) is 64.9 Å². The van der Waals surface area contributed by atoms with Gasteiger partial charge in [0.1, 0.15) is 22.8 Å². The number of aliphatic hydroxyl groups is 1. The molecule has 0 bridgehead atoms. The van der Waals surface area contributed by atoms with Gasteiger partial charge in [0.2, 0.25) is 5.95 Å². The van der Waals surface area contributed by atoms with Crippen molar-refractivity contribution in [2.45, 2.75) is 44.2 Å². The molecule has 0 aliphatic carbocycles. The number of likely N-dealkylation sites (N-methyl/N-ethyl adjacent to an activating group) is 1. The van der Waals surface area contributed by atoms with Crippen molar-refractivity contribution >= 4 is 33.4 Å². The predicted octanol–water partition coefficient (Wildman–Crippen LogP) is 4.64. The zero-order chi connectivity index (χ0) is 28.0. The maximum Gasteiger partial charge on any atom is 0.228 e. The number of halogens is 2. The molecule has 2 saturated heterocycles. The van der Waals surface area contributed by atoms with Gasteiger partial charge in [0.05, 0.1) is 16.6 Å². The second-order valence-corrected chi connectivity index (χ2v) is 11.2. The van der Waals surface area contributed by atoms with Crippen molar-refractivity contribution in [3.05, 3.63) is 53.7 Å². The lowest BCUT2D eigenvalue weighted by Gasteiger charge is -2.36. The highest BCUT2D eigenvalue weighted by Crippen LogP contribution is 2.37. The summed E-state index contributed by atoms with van der Waals surface area (Å²) in [7, 11) is 1.95. The smallest absolute Gasteiger partial charge is 0.228 e. The minimum Gasteiger partial charge on any atom is -0.390 e. The quantitative estimate of drug-likeness (QED) is 0.356. The lowest BCUT2D eigenvalue weighted by molar-refractivity contribution is 0.0349. The molecule has 206 valence electrons. The highest BCUT2D eigenvalue weighted by Gasteiger charge is 2.30. The molecule has 2 aromatic carbocycles. The van der Waals surface area contributed by atoms with Crippen molar-refractivity contribution in [1.82, 2.24) is 20.3 Å². The first kappa shape index (κ1) is 26.4. The summed E-state index contributed by atoms with van der Waals surface area (Å²) >= 11 is 0. The Bertz CT molecular complexity index is 1630. The number of pyridine rings is 1. The van der Waals surface area contributed by atoms with E-state index in [-0.39, 0.29) is 16.8 Å². The van der Waals surface area contributed by atoms with E-state index in [1.807, 2.05) is 29.8 Å². The molecule has 2 aliphatic heterocycles. The molecule has 0 spiro atoms. The molecule has 0 saturated carbocycles. The SMILES string of the molecule is C#Cc1c(F)ccc2cccc(-c3ncc4c(N(C)C[C@H]5CCCN5)nc(N5CCC(C)(O)CC5)nc4c3F)c12. The molecule has 7 nitrogen and oxygen atoms in total. The molecule has 0 amide bonds. The number of rotatable bonds is 5. The predicted molar refractivity (Wildman–Crippen MR) is 154 cm³/mol. The van der Waals surface area contributed by atoms with E-state index in [0.29, 0.717) is 72.0 Å². The molecule has 6 rings (SSSR count). The third-order valence-corrected chi connectivity index (χ3v) is 8.19. The van der Waals surface area contributed by atoms with Gasteiger partial charge in [0.15, 0.2) is 5.82 Å². The number of benzene rings is 2. The average Bonchev–Trinajstić information content (AvgIpc) is 3.46. The van der Waals surface area contributed by atoms with Gasteiger partial charge in [-0.1, -0.05) is 30.2 Å². The van der Waals surface area contributed by atoms with Gasteiger partial charge >= 0.3 is 0 Å². The van der Waals surface area contributed by atoms with Crippen molar-refractivity contribution in [3.63, 3.8) is 0 Å². The Morgan fingerprint density at radius 2 is 2.00 bits per heavy atom. The van der Waals surface area contributed by atoms with Crippen LogP contribution in [0.5, 0.6) is 0 Å². The van der Waals surface area contributed by atoms with Gasteiger partial charge in [0.25, 0.3) is 0 Å². The van der Waals surface area contributed by atoms with E-state index < -0.39 is 17.2 Å².